The second-order valence-electron chi connectivity index (χ2n) is 1.81. The number of Topliss-reactive ketones (excluding diaryl/α,β-unsaturated/α-hetero) is 1. The van der Waals surface area contributed by atoms with E-state index in [-0.39, 0.29) is 3.92 Å². The van der Waals surface area contributed by atoms with Gasteiger partial charge in [0.05, 0.1) is 0 Å². The Kier molecular flexibility index (Phi) is 2.52. The van der Waals surface area contributed by atoms with Gasteiger partial charge in [0.15, 0.2) is 3.92 Å². The average Bonchev–Trinajstić information content (AvgIpc) is 2.32. The summed E-state index contributed by atoms with van der Waals surface area (Å²) in [4.78, 5) is 13.8. The van der Waals surface area contributed by atoms with Crippen LogP contribution in [-0.2, 0) is 0 Å². The largest absolute Gasteiger partial charge is 0.456 e. The zero-order chi connectivity index (χ0) is 9.35. The van der Waals surface area contributed by atoms with Crippen molar-refractivity contribution in [1.29, 1.82) is 0 Å². The van der Waals surface area contributed by atoms with E-state index in [1.165, 1.54) is 0 Å². The molecular weight excluding hydrogens is 259 g/mol. The highest BCUT2D eigenvalue weighted by molar-refractivity contribution is 9.11. The summed E-state index contributed by atoms with van der Waals surface area (Å²) in [5, 5.41) is 1.06. The lowest BCUT2D eigenvalue weighted by atomic mass is 10.3. The van der Waals surface area contributed by atoms with E-state index in [4.69, 9.17) is 0 Å². The minimum atomic E-state index is -4.84. The maximum Gasteiger partial charge on any atom is 0.456 e. The van der Waals surface area contributed by atoms with Crippen molar-refractivity contribution in [2.75, 3.05) is 0 Å². The van der Waals surface area contributed by atoms with Crippen LogP contribution in [0.5, 0.6) is 0 Å². The first kappa shape index (κ1) is 9.66. The Morgan fingerprint density at radius 3 is 2.50 bits per heavy atom. The van der Waals surface area contributed by atoms with Gasteiger partial charge in [0.2, 0.25) is 0 Å². The van der Waals surface area contributed by atoms with Crippen LogP contribution in [-0.4, -0.2) is 16.9 Å². The highest BCUT2D eigenvalue weighted by Gasteiger charge is 2.40. The summed E-state index contributed by atoms with van der Waals surface area (Å²) in [6, 6.07) is 0. The van der Waals surface area contributed by atoms with Gasteiger partial charge in [0, 0.05) is 5.38 Å². The topological polar surface area (TPSA) is 30.0 Å². The number of carbonyl (C=O) groups is 1. The summed E-state index contributed by atoms with van der Waals surface area (Å²) in [6.07, 6.45) is -4.84. The Morgan fingerprint density at radius 2 is 2.17 bits per heavy atom. The van der Waals surface area contributed by atoms with Crippen molar-refractivity contribution < 1.29 is 18.0 Å². The first-order chi connectivity index (χ1) is 5.41. The van der Waals surface area contributed by atoms with Crippen molar-refractivity contribution >= 4 is 33.0 Å². The summed E-state index contributed by atoms with van der Waals surface area (Å²) < 4.78 is 35.5. The molecule has 0 N–H and O–H groups in total. The molecule has 0 amide bonds. The van der Waals surface area contributed by atoms with Crippen LogP contribution in [0, 0.1) is 0 Å². The van der Waals surface area contributed by atoms with Crippen molar-refractivity contribution in [2.45, 2.75) is 6.18 Å². The molecule has 66 valence electrons. The molecule has 0 aliphatic carbocycles. The van der Waals surface area contributed by atoms with Crippen LogP contribution in [0.1, 0.15) is 10.5 Å². The van der Waals surface area contributed by atoms with Gasteiger partial charge in [0.25, 0.3) is 5.78 Å². The van der Waals surface area contributed by atoms with Crippen LogP contribution in [0.25, 0.3) is 0 Å². The molecule has 12 heavy (non-hydrogen) atoms. The number of hydrogen-bond donors (Lipinski definition) is 0. The highest BCUT2D eigenvalue weighted by atomic mass is 79.9. The van der Waals surface area contributed by atoms with E-state index in [0.717, 1.165) is 16.7 Å². The fourth-order valence-corrected chi connectivity index (χ4v) is 1.49. The number of ketones is 1. The standard InChI is InChI=1S/C5HBrF3NOS/c6-4-10-2(1-12-4)3(11)5(7,8)9/h1H. The van der Waals surface area contributed by atoms with Crippen LogP contribution in [0.15, 0.2) is 9.30 Å². The van der Waals surface area contributed by atoms with Crippen molar-refractivity contribution in [3.8, 4) is 0 Å². The number of rotatable bonds is 1. The van der Waals surface area contributed by atoms with Gasteiger partial charge < -0.3 is 0 Å². The van der Waals surface area contributed by atoms with Gasteiger partial charge in [-0.15, -0.1) is 11.3 Å². The second kappa shape index (κ2) is 3.14. The lowest BCUT2D eigenvalue weighted by molar-refractivity contribution is -0.0887. The third-order valence-corrected chi connectivity index (χ3v) is 2.33. The molecule has 0 aliphatic rings. The molecule has 1 aromatic heterocycles. The van der Waals surface area contributed by atoms with Crippen molar-refractivity contribution in [1.82, 2.24) is 4.98 Å². The number of thiazole rings is 1. The average molecular weight is 260 g/mol. The van der Waals surface area contributed by atoms with Gasteiger partial charge in [0.1, 0.15) is 5.69 Å². The van der Waals surface area contributed by atoms with Crippen molar-refractivity contribution in [3.05, 3.63) is 15.0 Å². The minimum Gasteiger partial charge on any atom is -0.282 e. The molecule has 0 fully saturated rings. The molecular formula is C5HBrF3NOS. The van der Waals surface area contributed by atoms with E-state index in [9.17, 15) is 18.0 Å². The van der Waals surface area contributed by atoms with Crippen LogP contribution in [0.2, 0.25) is 0 Å². The third kappa shape index (κ3) is 2.04. The SMILES string of the molecule is O=C(c1csc(Br)n1)C(F)(F)F. The van der Waals surface area contributed by atoms with E-state index >= 15 is 0 Å². The fraction of sp³-hybridized carbons (Fsp3) is 0.200. The first-order valence-electron chi connectivity index (χ1n) is 2.64. The predicted octanol–water partition coefficient (Wildman–Crippen LogP) is 2.65. The van der Waals surface area contributed by atoms with E-state index in [2.05, 4.69) is 20.9 Å². The van der Waals surface area contributed by atoms with Crippen molar-refractivity contribution in [2.24, 2.45) is 0 Å². The Bertz CT molecular complexity index is 308. The summed E-state index contributed by atoms with van der Waals surface area (Å²) in [5.41, 5.74) is -0.570. The first-order valence-corrected chi connectivity index (χ1v) is 4.31. The van der Waals surface area contributed by atoms with Crippen LogP contribution < -0.4 is 0 Å². The van der Waals surface area contributed by atoms with Gasteiger partial charge in [-0.05, 0) is 15.9 Å². The molecule has 2 nitrogen and oxygen atoms in total. The molecule has 1 aromatic rings. The minimum absolute atomic E-state index is 0.259. The van der Waals surface area contributed by atoms with E-state index in [1.807, 2.05) is 0 Å². The molecule has 0 bridgehead atoms. The van der Waals surface area contributed by atoms with Crippen LogP contribution >= 0.6 is 27.3 Å². The van der Waals surface area contributed by atoms with Gasteiger partial charge in [-0.3, -0.25) is 4.79 Å². The number of halogens is 4. The zero-order valence-corrected chi connectivity index (χ0v) is 7.76. The van der Waals surface area contributed by atoms with Crippen molar-refractivity contribution in [3.63, 3.8) is 0 Å². The Labute approximate surface area is 77.5 Å². The molecule has 0 saturated carbocycles. The van der Waals surface area contributed by atoms with Gasteiger partial charge in [-0.2, -0.15) is 13.2 Å². The second-order valence-corrected chi connectivity index (χ2v) is 3.95. The van der Waals surface area contributed by atoms with E-state index in [0.29, 0.717) is 0 Å². The normalized spacial score (nSPS) is 11.7. The smallest absolute Gasteiger partial charge is 0.282 e. The lowest BCUT2D eigenvalue weighted by Gasteiger charge is -2.00. The molecule has 0 atom stereocenters. The Balaban J connectivity index is 2.93. The molecule has 0 aromatic carbocycles. The van der Waals surface area contributed by atoms with Gasteiger partial charge in [-0.1, -0.05) is 0 Å². The third-order valence-electron chi connectivity index (χ3n) is 0.966. The number of nitrogens with zero attached hydrogens (tertiary/aromatic N) is 1. The van der Waals surface area contributed by atoms with Gasteiger partial charge >= 0.3 is 6.18 Å². The Morgan fingerprint density at radius 1 is 1.58 bits per heavy atom. The van der Waals surface area contributed by atoms with E-state index < -0.39 is 17.7 Å². The van der Waals surface area contributed by atoms with E-state index in [1.54, 1.807) is 0 Å². The molecule has 0 spiro atoms. The lowest BCUT2D eigenvalue weighted by Crippen LogP contribution is -2.22. The highest BCUT2D eigenvalue weighted by Crippen LogP contribution is 2.24. The van der Waals surface area contributed by atoms with Gasteiger partial charge in [-0.25, -0.2) is 4.98 Å². The fourth-order valence-electron chi connectivity index (χ4n) is 0.501. The predicted molar refractivity (Wildman–Crippen MR) is 40.2 cm³/mol. The molecule has 0 saturated heterocycles. The maximum absolute atomic E-state index is 11.7. The summed E-state index contributed by atoms with van der Waals surface area (Å²) in [7, 11) is 0. The molecule has 0 unspecified atom stereocenters. The Hall–Kier alpha value is -0.430. The molecule has 1 heterocycles. The number of alkyl halides is 3. The summed E-state index contributed by atoms with van der Waals surface area (Å²) >= 11 is 3.79. The van der Waals surface area contributed by atoms with Crippen LogP contribution in [0.3, 0.4) is 0 Å². The molecule has 7 heteroatoms. The monoisotopic (exact) mass is 259 g/mol. The van der Waals surface area contributed by atoms with Crippen LogP contribution in [0.4, 0.5) is 13.2 Å². The maximum atomic E-state index is 11.7. The summed E-state index contributed by atoms with van der Waals surface area (Å²) in [5.74, 6) is -1.91. The number of hydrogen-bond acceptors (Lipinski definition) is 3. The molecule has 1 rings (SSSR count). The zero-order valence-electron chi connectivity index (χ0n) is 5.35. The molecule has 0 radical (unpaired) electrons. The number of carbonyl (C=O) groups excluding carboxylic acids is 1. The number of aromatic nitrogens is 1. The summed E-state index contributed by atoms with van der Waals surface area (Å²) in [6.45, 7) is 0. The molecule has 0 aliphatic heterocycles. The quantitative estimate of drug-likeness (QED) is 0.726.